The molecule has 7 nitrogen and oxygen atoms in total. The second kappa shape index (κ2) is 4.67. The van der Waals surface area contributed by atoms with Crippen molar-refractivity contribution in [2.45, 2.75) is 49.6 Å². The Labute approximate surface area is 106 Å². The molecule has 1 atom stereocenters. The zero-order valence-electron chi connectivity index (χ0n) is 9.97. The molecule has 0 aromatic carbocycles. The SMILES string of the molecule is O=P(O)(O)C(N1CC12CCCCCC2)P(=O)(O)O. The van der Waals surface area contributed by atoms with Crippen LogP contribution in [-0.4, -0.2) is 42.1 Å². The molecule has 1 saturated carbocycles. The molecule has 2 aliphatic rings. The van der Waals surface area contributed by atoms with Gasteiger partial charge in [0.2, 0.25) is 5.52 Å². The molecule has 1 spiro atoms. The normalized spacial score (nSPS) is 28.4. The maximum Gasteiger partial charge on any atom is 0.355 e. The van der Waals surface area contributed by atoms with Crippen molar-refractivity contribution in [1.82, 2.24) is 4.90 Å². The van der Waals surface area contributed by atoms with E-state index < -0.39 is 20.7 Å². The van der Waals surface area contributed by atoms with Crippen LogP contribution in [-0.2, 0) is 9.13 Å². The molecule has 4 N–H and O–H groups in total. The minimum Gasteiger partial charge on any atom is -0.323 e. The molecule has 0 aromatic heterocycles. The van der Waals surface area contributed by atoms with Crippen molar-refractivity contribution in [3.63, 3.8) is 0 Å². The molecule has 2 rings (SSSR count). The van der Waals surface area contributed by atoms with E-state index in [2.05, 4.69) is 0 Å². The predicted octanol–water partition coefficient (Wildman–Crippen LogP) is 1.03. The van der Waals surface area contributed by atoms with Crippen molar-refractivity contribution in [3.05, 3.63) is 0 Å². The highest BCUT2D eigenvalue weighted by Crippen LogP contribution is 2.66. The van der Waals surface area contributed by atoms with Gasteiger partial charge in [-0.25, -0.2) is 0 Å². The van der Waals surface area contributed by atoms with Gasteiger partial charge in [0, 0.05) is 12.1 Å². The van der Waals surface area contributed by atoms with Crippen LogP contribution in [0.1, 0.15) is 38.5 Å². The number of rotatable bonds is 3. The van der Waals surface area contributed by atoms with E-state index in [-0.39, 0.29) is 5.54 Å². The van der Waals surface area contributed by atoms with Gasteiger partial charge < -0.3 is 19.6 Å². The molecule has 0 radical (unpaired) electrons. The van der Waals surface area contributed by atoms with Crippen LogP contribution in [0.2, 0.25) is 0 Å². The van der Waals surface area contributed by atoms with Crippen LogP contribution in [0.15, 0.2) is 0 Å². The van der Waals surface area contributed by atoms with Gasteiger partial charge in [0.25, 0.3) is 0 Å². The third-order valence-electron chi connectivity index (χ3n) is 3.89. The Morgan fingerprint density at radius 2 is 1.33 bits per heavy atom. The second-order valence-electron chi connectivity index (χ2n) is 5.29. The van der Waals surface area contributed by atoms with Crippen LogP contribution in [0, 0.1) is 0 Å². The Morgan fingerprint density at radius 1 is 0.889 bits per heavy atom. The van der Waals surface area contributed by atoms with Gasteiger partial charge in [-0.15, -0.1) is 0 Å². The van der Waals surface area contributed by atoms with Crippen molar-refractivity contribution >= 4 is 15.2 Å². The summed E-state index contributed by atoms with van der Waals surface area (Å²) in [5.41, 5.74) is -2.34. The molecule has 1 unspecified atom stereocenters. The summed E-state index contributed by atoms with van der Waals surface area (Å²) in [6.07, 6.45) is 5.59. The number of hydrogen-bond acceptors (Lipinski definition) is 3. The van der Waals surface area contributed by atoms with Crippen LogP contribution in [0.3, 0.4) is 0 Å². The Balaban J connectivity index is 2.20. The summed E-state index contributed by atoms with van der Waals surface area (Å²) in [6, 6.07) is 0. The first-order valence-corrected chi connectivity index (χ1v) is 9.40. The van der Waals surface area contributed by atoms with Crippen molar-refractivity contribution in [2.75, 3.05) is 6.54 Å². The first kappa shape index (κ1) is 14.7. The summed E-state index contributed by atoms with van der Waals surface area (Å²) < 4.78 is 22.7. The van der Waals surface area contributed by atoms with E-state index in [4.69, 9.17) is 0 Å². The molecule has 1 saturated heterocycles. The fourth-order valence-corrected chi connectivity index (χ4v) is 5.95. The summed E-state index contributed by atoms with van der Waals surface area (Å²) >= 11 is 0. The highest BCUT2D eigenvalue weighted by atomic mass is 31.2. The molecule has 1 heterocycles. The molecule has 106 valence electrons. The molecule has 1 aliphatic carbocycles. The van der Waals surface area contributed by atoms with Crippen molar-refractivity contribution in [3.8, 4) is 0 Å². The van der Waals surface area contributed by atoms with Crippen LogP contribution >= 0.6 is 15.2 Å². The first-order valence-electron chi connectivity index (χ1n) is 6.04. The van der Waals surface area contributed by atoms with E-state index in [1.165, 1.54) is 4.90 Å². The topological polar surface area (TPSA) is 118 Å². The average Bonchev–Trinajstić information content (AvgIpc) is 2.87. The largest absolute Gasteiger partial charge is 0.355 e. The highest BCUT2D eigenvalue weighted by molar-refractivity contribution is 7.70. The van der Waals surface area contributed by atoms with Gasteiger partial charge in [-0.1, -0.05) is 25.7 Å². The monoisotopic (exact) mass is 299 g/mol. The average molecular weight is 299 g/mol. The molecule has 2 fully saturated rings. The van der Waals surface area contributed by atoms with Gasteiger partial charge in [0.05, 0.1) is 0 Å². The molecular formula is C9H19NO6P2. The van der Waals surface area contributed by atoms with E-state index >= 15 is 0 Å². The van der Waals surface area contributed by atoms with Gasteiger partial charge in [-0.2, -0.15) is 0 Å². The van der Waals surface area contributed by atoms with Gasteiger partial charge in [0.1, 0.15) is 0 Å². The Bertz CT molecular complexity index is 385. The minimum atomic E-state index is -4.84. The lowest BCUT2D eigenvalue weighted by molar-refractivity contribution is 0.279. The third-order valence-corrected chi connectivity index (χ3v) is 7.45. The summed E-state index contributed by atoms with van der Waals surface area (Å²) in [4.78, 5) is 38.1. The summed E-state index contributed by atoms with van der Waals surface area (Å²) in [7, 11) is -9.67. The van der Waals surface area contributed by atoms with E-state index in [0.717, 1.165) is 38.5 Å². The lowest BCUT2D eigenvalue weighted by Crippen LogP contribution is -2.27. The lowest BCUT2D eigenvalue weighted by Gasteiger charge is -2.25. The number of hydrogen-bond donors (Lipinski definition) is 4. The van der Waals surface area contributed by atoms with Crippen molar-refractivity contribution < 1.29 is 28.7 Å². The van der Waals surface area contributed by atoms with Crippen molar-refractivity contribution in [1.29, 1.82) is 0 Å². The molecule has 0 aromatic rings. The molecule has 0 bridgehead atoms. The third kappa shape index (κ3) is 2.88. The first-order chi connectivity index (χ1) is 8.17. The van der Waals surface area contributed by atoms with Gasteiger partial charge in [0.15, 0.2) is 0 Å². The second-order valence-corrected chi connectivity index (χ2v) is 9.03. The molecular weight excluding hydrogens is 280 g/mol. The van der Waals surface area contributed by atoms with E-state index in [9.17, 15) is 28.7 Å². The van der Waals surface area contributed by atoms with Crippen LogP contribution < -0.4 is 0 Å². The minimum absolute atomic E-state index is 0.383. The maximum atomic E-state index is 11.3. The van der Waals surface area contributed by atoms with Gasteiger partial charge in [-0.05, 0) is 12.8 Å². The van der Waals surface area contributed by atoms with Crippen LogP contribution in [0.25, 0.3) is 0 Å². The quantitative estimate of drug-likeness (QED) is 0.454. The summed E-state index contributed by atoms with van der Waals surface area (Å²) in [5.74, 6) is 0. The van der Waals surface area contributed by atoms with E-state index in [0.29, 0.717) is 6.54 Å². The lowest BCUT2D eigenvalue weighted by atomic mass is 10.0. The van der Waals surface area contributed by atoms with Gasteiger partial charge in [-0.3, -0.25) is 14.0 Å². The fraction of sp³-hybridized carbons (Fsp3) is 1.00. The number of nitrogens with zero attached hydrogens (tertiary/aromatic N) is 1. The van der Waals surface area contributed by atoms with E-state index in [1.54, 1.807) is 0 Å². The zero-order chi connectivity index (χ0) is 13.6. The predicted molar refractivity (Wildman–Crippen MR) is 65.0 cm³/mol. The molecule has 0 amide bonds. The highest BCUT2D eigenvalue weighted by Gasteiger charge is 2.63. The van der Waals surface area contributed by atoms with Gasteiger partial charge >= 0.3 is 15.2 Å². The molecule has 9 heteroatoms. The Morgan fingerprint density at radius 3 is 1.72 bits per heavy atom. The standard InChI is InChI=1S/C9H19NO6P2/c11-17(12,13)8(18(14,15)16)10-7-9(10)5-3-1-2-4-6-9/h8H,1-7H2,(H2,11,12,13)(H2,14,15,16). The van der Waals surface area contributed by atoms with Crippen LogP contribution in [0.4, 0.5) is 0 Å². The maximum absolute atomic E-state index is 11.3. The Kier molecular flexibility index (Phi) is 3.80. The zero-order valence-corrected chi connectivity index (χ0v) is 11.8. The molecule has 1 aliphatic heterocycles. The summed E-state index contributed by atoms with van der Waals surface area (Å²) in [6.45, 7) is 0.383. The molecule has 18 heavy (non-hydrogen) atoms. The smallest absolute Gasteiger partial charge is 0.323 e. The summed E-state index contributed by atoms with van der Waals surface area (Å²) in [5, 5.41) is 0. The van der Waals surface area contributed by atoms with Crippen molar-refractivity contribution in [2.24, 2.45) is 0 Å². The fourth-order valence-electron chi connectivity index (χ4n) is 3.00. The van der Waals surface area contributed by atoms with Crippen LogP contribution in [0.5, 0.6) is 0 Å². The van der Waals surface area contributed by atoms with E-state index in [1.807, 2.05) is 0 Å². The Hall–Kier alpha value is 0.260.